The Morgan fingerprint density at radius 2 is 1.53 bits per heavy atom. The van der Waals surface area contributed by atoms with Crippen LogP contribution >= 0.6 is 12.2 Å². The van der Waals surface area contributed by atoms with E-state index in [0.29, 0.717) is 17.8 Å². The van der Waals surface area contributed by atoms with E-state index in [1.165, 1.54) is 22.3 Å². The summed E-state index contributed by atoms with van der Waals surface area (Å²) in [6, 6.07) is 4.56. The molecule has 0 saturated carbocycles. The topological polar surface area (TPSA) is 12.0 Å². The summed E-state index contributed by atoms with van der Waals surface area (Å²) in [5, 5.41) is 3.16. The minimum Gasteiger partial charge on any atom is -0.378 e. The Hall–Kier alpha value is -0.890. The van der Waals surface area contributed by atoms with Crippen molar-refractivity contribution in [2.24, 2.45) is 0 Å². The van der Waals surface area contributed by atoms with Crippen molar-refractivity contribution in [1.29, 1.82) is 0 Å². The molecular weight excluding hydrogens is 250 g/mol. The van der Waals surface area contributed by atoms with E-state index in [4.69, 9.17) is 12.2 Å². The van der Waals surface area contributed by atoms with Crippen LogP contribution in [-0.4, -0.2) is 5.49 Å². The van der Waals surface area contributed by atoms with Crippen molar-refractivity contribution in [2.45, 2.75) is 65.8 Å². The average Bonchev–Trinajstić information content (AvgIpc) is 2.34. The molecule has 106 valence electrons. The second-order valence-corrected chi connectivity index (χ2v) is 6.34. The summed E-state index contributed by atoms with van der Waals surface area (Å²) in [5.74, 6) is 1.67. The Balaban J connectivity index is 3.44. The predicted molar refractivity (Wildman–Crippen MR) is 89.2 cm³/mol. The quantitative estimate of drug-likeness (QED) is 0.726. The van der Waals surface area contributed by atoms with Gasteiger partial charge in [-0.3, -0.25) is 0 Å². The molecule has 1 nitrogen and oxygen atoms in total. The summed E-state index contributed by atoms with van der Waals surface area (Å²) < 4.78 is 0. The summed E-state index contributed by atoms with van der Waals surface area (Å²) >= 11 is 4.88. The van der Waals surface area contributed by atoms with Gasteiger partial charge in [-0.05, 0) is 40.0 Å². The number of rotatable bonds is 6. The average molecular weight is 277 g/mol. The second-order valence-electron chi connectivity index (χ2n) is 6.10. The van der Waals surface area contributed by atoms with Gasteiger partial charge in [0.1, 0.15) is 0 Å². The van der Waals surface area contributed by atoms with Crippen molar-refractivity contribution in [1.82, 2.24) is 5.32 Å². The molecule has 2 heteroatoms. The van der Waals surface area contributed by atoms with Crippen molar-refractivity contribution in [3.8, 4) is 0 Å². The van der Waals surface area contributed by atoms with Crippen LogP contribution in [0.25, 0.3) is 0 Å². The Morgan fingerprint density at radius 3 is 1.95 bits per heavy atom. The van der Waals surface area contributed by atoms with E-state index in [2.05, 4.69) is 59.0 Å². The van der Waals surface area contributed by atoms with E-state index in [1.54, 1.807) is 5.49 Å². The van der Waals surface area contributed by atoms with Crippen LogP contribution in [0.5, 0.6) is 0 Å². The maximum atomic E-state index is 4.88. The summed E-state index contributed by atoms with van der Waals surface area (Å²) in [5.41, 5.74) is 7.52. The number of hydrogen-bond donors (Lipinski definition) is 1. The van der Waals surface area contributed by atoms with Crippen LogP contribution in [-0.2, 0) is 6.54 Å². The molecule has 0 amide bonds. The molecule has 0 unspecified atom stereocenters. The second kappa shape index (κ2) is 7.04. The standard InChI is InChI=1S/C17H27NS/c1-11(2)15-8-7-14(9-18-10-19)16(12(3)4)17(15)13(5)6/h7-8,10-13H,9H2,1-6H3,(H,18,19). The molecule has 0 aliphatic rings. The summed E-state index contributed by atoms with van der Waals surface area (Å²) in [7, 11) is 0. The molecule has 1 N–H and O–H groups in total. The predicted octanol–water partition coefficient (Wildman–Crippen LogP) is 5.10. The first-order valence-electron chi connectivity index (χ1n) is 7.22. The van der Waals surface area contributed by atoms with E-state index < -0.39 is 0 Å². The zero-order valence-electron chi connectivity index (χ0n) is 13.1. The molecule has 1 aromatic rings. The van der Waals surface area contributed by atoms with Crippen LogP contribution < -0.4 is 5.32 Å². The highest BCUT2D eigenvalue weighted by Crippen LogP contribution is 2.35. The first kappa shape index (κ1) is 16.2. The third-order valence-corrected chi connectivity index (χ3v) is 3.73. The molecular formula is C17H27NS. The zero-order chi connectivity index (χ0) is 14.6. The fraction of sp³-hybridized carbons (Fsp3) is 0.588. The number of thiocarbonyl (C=S) groups is 1. The lowest BCUT2D eigenvalue weighted by Crippen LogP contribution is -2.15. The van der Waals surface area contributed by atoms with E-state index in [1.807, 2.05) is 0 Å². The monoisotopic (exact) mass is 277 g/mol. The van der Waals surface area contributed by atoms with Crippen LogP contribution in [0, 0.1) is 0 Å². The lowest BCUT2D eigenvalue weighted by atomic mass is 9.81. The van der Waals surface area contributed by atoms with Gasteiger partial charge in [-0.15, -0.1) is 0 Å². The van der Waals surface area contributed by atoms with Crippen LogP contribution in [0.3, 0.4) is 0 Å². The maximum absolute atomic E-state index is 4.88. The molecule has 19 heavy (non-hydrogen) atoms. The van der Waals surface area contributed by atoms with Gasteiger partial charge in [0.05, 0.1) is 5.49 Å². The summed E-state index contributed by atoms with van der Waals surface area (Å²) in [6.07, 6.45) is 0. The Labute approximate surface area is 123 Å². The van der Waals surface area contributed by atoms with Crippen molar-refractivity contribution in [3.05, 3.63) is 34.4 Å². The fourth-order valence-electron chi connectivity index (χ4n) is 2.83. The van der Waals surface area contributed by atoms with Gasteiger partial charge in [0.2, 0.25) is 0 Å². The van der Waals surface area contributed by atoms with Crippen molar-refractivity contribution < 1.29 is 0 Å². The Kier molecular flexibility index (Phi) is 5.99. The highest BCUT2D eigenvalue weighted by molar-refractivity contribution is 7.78. The maximum Gasteiger partial charge on any atom is 0.0617 e. The van der Waals surface area contributed by atoms with Crippen LogP contribution in [0.1, 0.15) is 81.5 Å². The molecule has 0 heterocycles. The van der Waals surface area contributed by atoms with Crippen LogP contribution in [0.15, 0.2) is 12.1 Å². The first-order valence-corrected chi connectivity index (χ1v) is 7.69. The molecule has 1 rings (SSSR count). The lowest BCUT2D eigenvalue weighted by Gasteiger charge is -2.25. The van der Waals surface area contributed by atoms with Crippen molar-refractivity contribution in [2.75, 3.05) is 0 Å². The van der Waals surface area contributed by atoms with Crippen molar-refractivity contribution >= 4 is 17.7 Å². The van der Waals surface area contributed by atoms with Gasteiger partial charge < -0.3 is 5.32 Å². The molecule has 1 aromatic carbocycles. The van der Waals surface area contributed by atoms with Gasteiger partial charge in [-0.2, -0.15) is 0 Å². The van der Waals surface area contributed by atoms with E-state index in [0.717, 1.165) is 6.54 Å². The van der Waals surface area contributed by atoms with Gasteiger partial charge in [-0.25, -0.2) is 0 Å². The normalized spacial score (nSPS) is 11.4. The highest BCUT2D eigenvalue weighted by Gasteiger charge is 2.19. The van der Waals surface area contributed by atoms with E-state index in [9.17, 15) is 0 Å². The first-order chi connectivity index (χ1) is 8.90. The van der Waals surface area contributed by atoms with E-state index in [-0.39, 0.29) is 0 Å². The number of nitrogens with one attached hydrogen (secondary N) is 1. The highest BCUT2D eigenvalue weighted by atomic mass is 32.1. The molecule has 0 spiro atoms. The summed E-state index contributed by atoms with van der Waals surface area (Å²) in [4.78, 5) is 0. The number of benzene rings is 1. The molecule has 0 aliphatic heterocycles. The third kappa shape index (κ3) is 3.79. The molecule has 0 atom stereocenters. The molecule has 0 aromatic heterocycles. The number of hydrogen-bond acceptors (Lipinski definition) is 1. The lowest BCUT2D eigenvalue weighted by molar-refractivity contribution is 0.732. The zero-order valence-corrected chi connectivity index (χ0v) is 13.9. The fourth-order valence-corrected chi connectivity index (χ4v) is 2.92. The van der Waals surface area contributed by atoms with Gasteiger partial charge in [0.25, 0.3) is 0 Å². The van der Waals surface area contributed by atoms with E-state index >= 15 is 0 Å². The molecule has 0 fully saturated rings. The molecule has 0 bridgehead atoms. The van der Waals surface area contributed by atoms with Crippen LogP contribution in [0.4, 0.5) is 0 Å². The van der Waals surface area contributed by atoms with Crippen molar-refractivity contribution in [3.63, 3.8) is 0 Å². The molecule has 0 radical (unpaired) electrons. The smallest absolute Gasteiger partial charge is 0.0617 e. The molecule has 0 saturated heterocycles. The minimum absolute atomic E-state index is 0.540. The minimum atomic E-state index is 0.540. The largest absolute Gasteiger partial charge is 0.378 e. The van der Waals surface area contributed by atoms with Gasteiger partial charge in [0.15, 0.2) is 0 Å². The van der Waals surface area contributed by atoms with Gasteiger partial charge in [-0.1, -0.05) is 65.9 Å². The molecule has 0 aliphatic carbocycles. The van der Waals surface area contributed by atoms with Crippen LogP contribution in [0.2, 0.25) is 0 Å². The summed E-state index contributed by atoms with van der Waals surface area (Å²) in [6.45, 7) is 14.5. The SMILES string of the molecule is CC(C)c1ccc(CNC=S)c(C(C)C)c1C(C)C. The van der Waals surface area contributed by atoms with Gasteiger partial charge >= 0.3 is 0 Å². The Morgan fingerprint density at radius 1 is 0.947 bits per heavy atom. The Bertz CT molecular complexity index is 433. The third-order valence-electron chi connectivity index (χ3n) is 3.56. The van der Waals surface area contributed by atoms with Gasteiger partial charge in [0, 0.05) is 6.54 Å².